The first kappa shape index (κ1) is 34.1. The highest BCUT2D eigenvalue weighted by Crippen LogP contribution is 2.44. The van der Waals surface area contributed by atoms with Gasteiger partial charge in [-0.15, -0.1) is 0 Å². The van der Waals surface area contributed by atoms with Crippen molar-refractivity contribution in [3.8, 4) is 39.9 Å². The van der Waals surface area contributed by atoms with Crippen molar-refractivity contribution < 1.29 is 8.83 Å². The van der Waals surface area contributed by atoms with E-state index in [4.69, 9.17) is 23.8 Å². The number of aromatic nitrogens is 4. The van der Waals surface area contributed by atoms with Crippen LogP contribution in [-0.4, -0.2) is 19.5 Å². The molecule has 0 radical (unpaired) electrons. The lowest BCUT2D eigenvalue weighted by molar-refractivity contribution is 0.668. The minimum Gasteiger partial charge on any atom is -0.456 e. The van der Waals surface area contributed by atoms with Crippen LogP contribution in [0.15, 0.2) is 203 Å². The largest absolute Gasteiger partial charge is 0.456 e. The molecule has 4 aromatic heterocycles. The molecule has 0 amide bonds. The Hall–Kier alpha value is -8.61. The minimum atomic E-state index is 0.587. The van der Waals surface area contributed by atoms with E-state index in [9.17, 15) is 0 Å². The quantitative estimate of drug-likeness (QED) is 0.177. The molecule has 0 aliphatic rings. The Morgan fingerprint density at radius 1 is 0.317 bits per heavy atom. The maximum absolute atomic E-state index is 6.78. The summed E-state index contributed by atoms with van der Waals surface area (Å²) >= 11 is 0. The van der Waals surface area contributed by atoms with E-state index in [1.807, 2.05) is 60.7 Å². The van der Waals surface area contributed by atoms with E-state index in [-0.39, 0.29) is 0 Å². The third kappa shape index (κ3) is 5.09. The predicted molar refractivity (Wildman–Crippen MR) is 258 cm³/mol. The Morgan fingerprint density at radius 2 is 0.889 bits per heavy atom. The van der Waals surface area contributed by atoms with Crippen LogP contribution in [0, 0.1) is 0 Å². The monoisotopic (exact) mass is 804 g/mol. The first-order chi connectivity index (χ1) is 31.2. The number of hydrogen-bond acceptors (Lipinski definition) is 5. The molecule has 10 aromatic carbocycles. The van der Waals surface area contributed by atoms with Crippen molar-refractivity contribution in [2.75, 3.05) is 0 Å². The molecule has 0 unspecified atom stereocenters. The van der Waals surface area contributed by atoms with Gasteiger partial charge in [-0.05, 0) is 87.6 Å². The highest BCUT2D eigenvalue weighted by molar-refractivity contribution is 6.25. The standard InChI is InChI=1S/C57H32N4O2/c1-2-12-35(13-3-1)55-58-56(60-57(59-55)39-25-27-49-45(31-39)41-17-8-9-19-48(41)62-49)38-22-21-34-24-28-51-52(43(34)30-38)53-46(18-10-20-50(53)63-51)61-47-32-37-15-5-4-14-36(37)29-44(47)42-26-23-33-11-6-7-16-40(33)54(42)61/h1-32H. The maximum Gasteiger partial charge on any atom is 0.164 e. The van der Waals surface area contributed by atoms with Gasteiger partial charge in [0.05, 0.1) is 22.1 Å². The van der Waals surface area contributed by atoms with Crippen molar-refractivity contribution in [3.63, 3.8) is 0 Å². The number of nitrogens with zero attached hydrogens (tertiary/aromatic N) is 4. The summed E-state index contributed by atoms with van der Waals surface area (Å²) in [5.41, 5.74) is 9.39. The average molecular weight is 805 g/mol. The highest BCUT2D eigenvalue weighted by Gasteiger charge is 2.22. The summed E-state index contributed by atoms with van der Waals surface area (Å²) in [6, 6.07) is 68.1. The Balaban J connectivity index is 1.03. The van der Waals surface area contributed by atoms with Crippen LogP contribution in [0.25, 0.3) is 138 Å². The molecule has 0 fully saturated rings. The zero-order valence-corrected chi connectivity index (χ0v) is 33.6. The molecule has 0 saturated heterocycles. The van der Waals surface area contributed by atoms with Gasteiger partial charge in [-0.2, -0.15) is 0 Å². The molecular weight excluding hydrogens is 773 g/mol. The van der Waals surface area contributed by atoms with Crippen molar-refractivity contribution in [3.05, 3.63) is 194 Å². The zero-order chi connectivity index (χ0) is 41.2. The van der Waals surface area contributed by atoms with E-state index in [2.05, 4.69) is 138 Å². The number of para-hydroxylation sites is 1. The second-order valence-corrected chi connectivity index (χ2v) is 16.3. The molecular formula is C57H32N4O2. The fraction of sp³-hybridized carbons (Fsp3) is 0. The van der Waals surface area contributed by atoms with Crippen LogP contribution in [0.3, 0.4) is 0 Å². The van der Waals surface area contributed by atoms with Gasteiger partial charge in [0.2, 0.25) is 0 Å². The molecule has 6 nitrogen and oxygen atoms in total. The molecule has 0 spiro atoms. The lowest BCUT2D eigenvalue weighted by atomic mass is 10.00. The van der Waals surface area contributed by atoms with E-state index in [0.29, 0.717) is 17.5 Å². The Labute approximate surface area is 358 Å². The summed E-state index contributed by atoms with van der Waals surface area (Å²) in [4.78, 5) is 15.4. The second-order valence-electron chi connectivity index (χ2n) is 16.3. The highest BCUT2D eigenvalue weighted by atomic mass is 16.3. The molecule has 292 valence electrons. The summed E-state index contributed by atoms with van der Waals surface area (Å²) in [7, 11) is 0. The maximum atomic E-state index is 6.78. The van der Waals surface area contributed by atoms with Gasteiger partial charge in [0.25, 0.3) is 0 Å². The molecule has 0 aliphatic carbocycles. The Bertz CT molecular complexity index is 4220. The van der Waals surface area contributed by atoms with E-state index in [0.717, 1.165) is 82.5 Å². The summed E-state index contributed by atoms with van der Waals surface area (Å²) < 4.78 is 15.4. The lowest BCUT2D eigenvalue weighted by Gasteiger charge is -2.12. The van der Waals surface area contributed by atoms with Crippen LogP contribution in [0.1, 0.15) is 0 Å². The van der Waals surface area contributed by atoms with Gasteiger partial charge in [-0.1, -0.05) is 133 Å². The van der Waals surface area contributed by atoms with Crippen molar-refractivity contribution in [1.29, 1.82) is 0 Å². The predicted octanol–water partition coefficient (Wildman–Crippen LogP) is 15.2. The van der Waals surface area contributed by atoms with Gasteiger partial charge >= 0.3 is 0 Å². The third-order valence-corrected chi connectivity index (χ3v) is 12.8. The van der Waals surface area contributed by atoms with Gasteiger partial charge in [0, 0.05) is 49.0 Å². The van der Waals surface area contributed by atoms with Crippen molar-refractivity contribution in [2.45, 2.75) is 0 Å². The summed E-state index contributed by atoms with van der Waals surface area (Å²) in [5.74, 6) is 1.78. The molecule has 6 heteroatoms. The van der Waals surface area contributed by atoms with Gasteiger partial charge < -0.3 is 13.4 Å². The summed E-state index contributed by atoms with van der Waals surface area (Å²) in [6.45, 7) is 0. The average Bonchev–Trinajstić information content (AvgIpc) is 4.03. The SMILES string of the molecule is c1ccc(-c2nc(-c3ccc4oc5ccccc5c4c3)nc(-c3ccc4ccc5oc6cccc(-n7c8cc9ccccc9cc8c8ccc9ccccc9c87)c6c5c4c3)n2)cc1. The molecule has 14 rings (SSSR count). The van der Waals surface area contributed by atoms with E-state index >= 15 is 0 Å². The second kappa shape index (κ2) is 12.9. The number of hydrogen-bond donors (Lipinski definition) is 0. The number of benzene rings is 10. The van der Waals surface area contributed by atoms with Crippen LogP contribution in [0.2, 0.25) is 0 Å². The van der Waals surface area contributed by atoms with Crippen LogP contribution < -0.4 is 0 Å². The van der Waals surface area contributed by atoms with Gasteiger partial charge in [0.15, 0.2) is 17.5 Å². The Kier molecular flexibility index (Phi) is 7.02. The number of rotatable bonds is 4. The first-order valence-electron chi connectivity index (χ1n) is 21.2. The fourth-order valence-electron chi connectivity index (χ4n) is 9.87. The molecule has 63 heavy (non-hydrogen) atoms. The molecule has 0 saturated carbocycles. The summed E-state index contributed by atoms with van der Waals surface area (Å²) in [5, 5.41) is 13.6. The molecule has 0 atom stereocenters. The van der Waals surface area contributed by atoms with E-state index in [1.165, 1.54) is 37.8 Å². The van der Waals surface area contributed by atoms with Crippen LogP contribution in [0.5, 0.6) is 0 Å². The van der Waals surface area contributed by atoms with E-state index < -0.39 is 0 Å². The van der Waals surface area contributed by atoms with Gasteiger partial charge in [0.1, 0.15) is 22.3 Å². The van der Waals surface area contributed by atoms with Gasteiger partial charge in [-0.3, -0.25) is 0 Å². The third-order valence-electron chi connectivity index (χ3n) is 12.8. The normalized spacial score (nSPS) is 12.1. The van der Waals surface area contributed by atoms with Crippen molar-refractivity contribution >= 4 is 98.0 Å². The molecule has 0 aliphatic heterocycles. The van der Waals surface area contributed by atoms with Crippen molar-refractivity contribution in [1.82, 2.24) is 19.5 Å². The molecule has 14 aromatic rings. The minimum absolute atomic E-state index is 0.587. The van der Waals surface area contributed by atoms with Crippen LogP contribution in [-0.2, 0) is 0 Å². The topological polar surface area (TPSA) is 69.9 Å². The molecule has 0 bridgehead atoms. The number of furan rings is 2. The summed E-state index contributed by atoms with van der Waals surface area (Å²) in [6.07, 6.45) is 0. The molecule has 0 N–H and O–H groups in total. The van der Waals surface area contributed by atoms with E-state index in [1.54, 1.807) is 0 Å². The zero-order valence-electron chi connectivity index (χ0n) is 33.6. The number of fused-ring (bicyclic) bond motifs is 14. The van der Waals surface area contributed by atoms with Crippen LogP contribution in [0.4, 0.5) is 0 Å². The first-order valence-corrected chi connectivity index (χ1v) is 21.2. The smallest absolute Gasteiger partial charge is 0.164 e. The molecule has 4 heterocycles. The lowest BCUT2D eigenvalue weighted by Crippen LogP contribution is -2.00. The fourth-order valence-corrected chi connectivity index (χ4v) is 9.87. The van der Waals surface area contributed by atoms with Crippen molar-refractivity contribution in [2.24, 2.45) is 0 Å². The van der Waals surface area contributed by atoms with Crippen LogP contribution >= 0.6 is 0 Å². The van der Waals surface area contributed by atoms with Gasteiger partial charge in [-0.25, -0.2) is 15.0 Å². The Morgan fingerprint density at radius 3 is 1.73 bits per heavy atom.